The van der Waals surface area contributed by atoms with Crippen LogP contribution in [0.2, 0.25) is 0 Å². The molecule has 1 atom stereocenters. The molecule has 2 rings (SSSR count). The van der Waals surface area contributed by atoms with E-state index in [1.165, 1.54) is 11.1 Å². The first kappa shape index (κ1) is 19.2. The Kier molecular flexibility index (Phi) is 6.77. The zero-order valence-electron chi connectivity index (χ0n) is 16.0. The second-order valence-electron chi connectivity index (χ2n) is 7.26. The molecule has 0 saturated heterocycles. The number of nitrogens with one attached hydrogen (secondary N) is 2. The summed E-state index contributed by atoms with van der Waals surface area (Å²) in [4.78, 5) is 12.5. The maximum Gasteiger partial charge on any atom is 0.238 e. The maximum absolute atomic E-state index is 12.5. The highest BCUT2D eigenvalue weighted by atomic mass is 16.1. The lowest BCUT2D eigenvalue weighted by Crippen LogP contribution is -2.34. The van der Waals surface area contributed by atoms with Crippen LogP contribution >= 0.6 is 0 Å². The molecule has 0 radical (unpaired) electrons. The topological polar surface area (TPSA) is 41.1 Å². The van der Waals surface area contributed by atoms with Gasteiger partial charge in [-0.25, -0.2) is 0 Å². The van der Waals surface area contributed by atoms with Gasteiger partial charge in [0, 0.05) is 11.7 Å². The van der Waals surface area contributed by atoms with Crippen molar-refractivity contribution in [1.82, 2.24) is 5.32 Å². The molecular formula is C22H30N2O. The zero-order chi connectivity index (χ0) is 18.4. The van der Waals surface area contributed by atoms with Crippen molar-refractivity contribution < 1.29 is 4.79 Å². The van der Waals surface area contributed by atoms with Crippen molar-refractivity contribution in [3.05, 3.63) is 65.2 Å². The van der Waals surface area contributed by atoms with E-state index in [2.05, 4.69) is 56.5 Å². The van der Waals surface area contributed by atoms with Gasteiger partial charge in [-0.2, -0.15) is 0 Å². The molecule has 0 heterocycles. The summed E-state index contributed by atoms with van der Waals surface area (Å²) in [5.41, 5.74) is 4.44. The van der Waals surface area contributed by atoms with E-state index >= 15 is 0 Å². The molecule has 0 spiro atoms. The third-order valence-corrected chi connectivity index (χ3v) is 4.50. The summed E-state index contributed by atoms with van der Waals surface area (Å²) < 4.78 is 0. The summed E-state index contributed by atoms with van der Waals surface area (Å²) >= 11 is 0. The second kappa shape index (κ2) is 8.82. The van der Waals surface area contributed by atoms with E-state index in [-0.39, 0.29) is 11.9 Å². The van der Waals surface area contributed by atoms with Gasteiger partial charge in [-0.15, -0.1) is 0 Å². The average molecular weight is 338 g/mol. The summed E-state index contributed by atoms with van der Waals surface area (Å²) in [6.45, 7) is 11.0. The van der Waals surface area contributed by atoms with E-state index < -0.39 is 0 Å². The quantitative estimate of drug-likeness (QED) is 0.742. The first-order valence-electron chi connectivity index (χ1n) is 9.07. The number of amides is 1. The first-order valence-corrected chi connectivity index (χ1v) is 9.07. The average Bonchev–Trinajstić information content (AvgIpc) is 2.57. The molecule has 0 aromatic heterocycles. The maximum atomic E-state index is 12.5. The molecule has 2 N–H and O–H groups in total. The van der Waals surface area contributed by atoms with E-state index in [0.717, 1.165) is 11.3 Å². The number of carbonyl (C=O) groups excluding carboxylic acids is 1. The van der Waals surface area contributed by atoms with Gasteiger partial charge in [-0.3, -0.25) is 4.79 Å². The highest BCUT2D eigenvalue weighted by Gasteiger charge is 2.17. The van der Waals surface area contributed by atoms with Crippen molar-refractivity contribution in [3.8, 4) is 0 Å². The monoisotopic (exact) mass is 338 g/mol. The summed E-state index contributed by atoms with van der Waals surface area (Å²) in [5, 5.41) is 6.52. The van der Waals surface area contributed by atoms with Gasteiger partial charge in [0.15, 0.2) is 0 Å². The molecule has 2 aromatic carbocycles. The molecule has 134 valence electrons. The summed E-state index contributed by atoms with van der Waals surface area (Å²) in [6.07, 6.45) is 0. The van der Waals surface area contributed by atoms with Crippen LogP contribution in [0.15, 0.2) is 48.5 Å². The minimum atomic E-state index is -0.00205. The van der Waals surface area contributed by atoms with Crippen LogP contribution in [0.5, 0.6) is 0 Å². The Labute approximate surface area is 151 Å². The van der Waals surface area contributed by atoms with Crippen LogP contribution in [-0.2, 0) is 4.79 Å². The smallest absolute Gasteiger partial charge is 0.238 e. The summed E-state index contributed by atoms with van der Waals surface area (Å²) in [5.74, 6) is 0.772. The molecule has 0 unspecified atom stereocenters. The number of anilines is 1. The number of hydrogen-bond acceptors (Lipinski definition) is 2. The second-order valence-corrected chi connectivity index (χ2v) is 7.26. The van der Waals surface area contributed by atoms with Crippen molar-refractivity contribution >= 4 is 11.6 Å². The first-order chi connectivity index (χ1) is 11.9. The predicted octanol–water partition coefficient (Wildman–Crippen LogP) is 5.04. The largest absolute Gasteiger partial charge is 0.324 e. The molecule has 3 heteroatoms. The Bertz CT molecular complexity index is 692. The van der Waals surface area contributed by atoms with Gasteiger partial charge in [0.1, 0.15) is 0 Å². The fourth-order valence-electron chi connectivity index (χ4n) is 3.13. The van der Waals surface area contributed by atoms with Crippen LogP contribution in [0, 0.1) is 12.8 Å². The fraction of sp³-hybridized carbons (Fsp3) is 0.409. The molecule has 0 fully saturated rings. The van der Waals surface area contributed by atoms with Crippen LogP contribution in [0.1, 0.15) is 56.3 Å². The van der Waals surface area contributed by atoms with Crippen LogP contribution < -0.4 is 10.6 Å². The Morgan fingerprint density at radius 2 is 1.64 bits per heavy atom. The van der Waals surface area contributed by atoms with E-state index in [0.29, 0.717) is 18.4 Å². The van der Waals surface area contributed by atoms with Gasteiger partial charge in [-0.1, -0.05) is 76.2 Å². The number of benzene rings is 2. The lowest BCUT2D eigenvalue weighted by molar-refractivity contribution is -0.115. The van der Waals surface area contributed by atoms with Crippen molar-refractivity contribution in [3.63, 3.8) is 0 Å². The van der Waals surface area contributed by atoms with E-state index in [4.69, 9.17) is 0 Å². The van der Waals surface area contributed by atoms with Crippen LogP contribution in [0.3, 0.4) is 0 Å². The van der Waals surface area contributed by atoms with Crippen LogP contribution in [-0.4, -0.2) is 12.5 Å². The van der Waals surface area contributed by atoms with Gasteiger partial charge in [0.05, 0.1) is 6.54 Å². The number of para-hydroxylation sites is 1. The van der Waals surface area contributed by atoms with Crippen molar-refractivity contribution in [1.29, 1.82) is 0 Å². The molecule has 0 bridgehead atoms. The molecule has 25 heavy (non-hydrogen) atoms. The van der Waals surface area contributed by atoms with Gasteiger partial charge in [-0.05, 0) is 35.4 Å². The van der Waals surface area contributed by atoms with E-state index in [1.807, 2.05) is 37.3 Å². The minimum Gasteiger partial charge on any atom is -0.324 e. The third kappa shape index (κ3) is 5.17. The van der Waals surface area contributed by atoms with Gasteiger partial charge < -0.3 is 10.6 Å². The molecule has 0 aliphatic heterocycles. The summed E-state index contributed by atoms with van der Waals surface area (Å²) in [6, 6.07) is 16.6. The van der Waals surface area contributed by atoms with Gasteiger partial charge in [0.2, 0.25) is 5.91 Å². The molecule has 0 aliphatic rings. The zero-order valence-corrected chi connectivity index (χ0v) is 16.0. The van der Waals surface area contributed by atoms with Crippen molar-refractivity contribution in [2.24, 2.45) is 5.92 Å². The van der Waals surface area contributed by atoms with Gasteiger partial charge in [0.25, 0.3) is 0 Å². The minimum absolute atomic E-state index is 0.00205. The van der Waals surface area contributed by atoms with Gasteiger partial charge >= 0.3 is 0 Å². The predicted molar refractivity (Wildman–Crippen MR) is 106 cm³/mol. The standard InChI is InChI=1S/C22H30N2O/c1-15(2)19-13-9-10-17(5)22(19)24-20(25)14-23-21(16(3)4)18-11-7-6-8-12-18/h6-13,15-16,21,23H,14H2,1-5H3,(H,24,25)/t21-/m1/s1. The molecular weight excluding hydrogens is 308 g/mol. The lowest BCUT2D eigenvalue weighted by Gasteiger charge is -2.23. The molecule has 2 aromatic rings. The number of carbonyl (C=O) groups is 1. The normalized spacial score (nSPS) is 12.4. The van der Waals surface area contributed by atoms with E-state index in [1.54, 1.807) is 0 Å². The molecule has 1 amide bonds. The Morgan fingerprint density at radius 1 is 0.960 bits per heavy atom. The summed E-state index contributed by atoms with van der Waals surface area (Å²) in [7, 11) is 0. The highest BCUT2D eigenvalue weighted by Crippen LogP contribution is 2.27. The van der Waals surface area contributed by atoms with Crippen molar-refractivity contribution in [2.45, 2.75) is 46.6 Å². The Balaban J connectivity index is 2.06. The molecule has 3 nitrogen and oxygen atoms in total. The number of aryl methyl sites for hydroxylation is 1. The Hall–Kier alpha value is -2.13. The Morgan fingerprint density at radius 3 is 2.24 bits per heavy atom. The van der Waals surface area contributed by atoms with Crippen LogP contribution in [0.4, 0.5) is 5.69 Å². The third-order valence-electron chi connectivity index (χ3n) is 4.50. The molecule has 0 aliphatic carbocycles. The lowest BCUT2D eigenvalue weighted by atomic mass is 9.96. The van der Waals surface area contributed by atoms with Crippen molar-refractivity contribution in [2.75, 3.05) is 11.9 Å². The highest BCUT2D eigenvalue weighted by molar-refractivity contribution is 5.94. The van der Waals surface area contributed by atoms with Crippen LogP contribution in [0.25, 0.3) is 0 Å². The SMILES string of the molecule is Cc1cccc(C(C)C)c1NC(=O)CN[C@@H](c1ccccc1)C(C)C. The molecule has 0 saturated carbocycles. The van der Waals surface area contributed by atoms with E-state index in [9.17, 15) is 4.79 Å². The number of hydrogen-bond donors (Lipinski definition) is 2. The number of rotatable bonds is 7. The fourth-order valence-corrected chi connectivity index (χ4v) is 3.13.